The first-order valence-electron chi connectivity index (χ1n) is 5.95. The Labute approximate surface area is 108 Å². The summed E-state index contributed by atoms with van der Waals surface area (Å²) in [5.41, 5.74) is 2.09. The van der Waals surface area contributed by atoms with Crippen molar-refractivity contribution in [2.75, 3.05) is 5.32 Å². The Morgan fingerprint density at radius 3 is 2.39 bits per heavy atom. The average molecular weight is 249 g/mol. The highest BCUT2D eigenvalue weighted by atomic mass is 16.4. The molecule has 0 unspecified atom stereocenters. The van der Waals surface area contributed by atoms with Gasteiger partial charge in [0.1, 0.15) is 0 Å². The van der Waals surface area contributed by atoms with Gasteiger partial charge in [0, 0.05) is 12.6 Å². The Balaban J connectivity index is 3.12. The fourth-order valence-electron chi connectivity index (χ4n) is 1.79. The predicted octanol–water partition coefficient (Wildman–Crippen LogP) is 0.913. The number of nitrogens with one attached hydrogen (secondary N) is 1. The minimum atomic E-state index is -1.53. The van der Waals surface area contributed by atoms with Crippen LogP contribution in [0.1, 0.15) is 33.3 Å². The molecule has 0 atom stereocenters. The van der Waals surface area contributed by atoms with Crippen LogP contribution in [0, 0.1) is 5.41 Å². The molecule has 0 heterocycles. The predicted molar refractivity (Wildman–Crippen MR) is 73.7 cm³/mol. The van der Waals surface area contributed by atoms with Gasteiger partial charge in [-0.25, -0.2) is 0 Å². The van der Waals surface area contributed by atoms with Gasteiger partial charge in [-0.1, -0.05) is 32.9 Å². The number of hydrogen-bond acceptors (Lipinski definition) is 3. The number of benzene rings is 1. The van der Waals surface area contributed by atoms with Gasteiger partial charge in [0.05, 0.1) is 0 Å². The van der Waals surface area contributed by atoms with Crippen LogP contribution in [0.5, 0.6) is 0 Å². The first kappa shape index (κ1) is 14.7. The molecule has 3 N–H and O–H groups in total. The first-order valence-corrected chi connectivity index (χ1v) is 5.95. The lowest BCUT2D eigenvalue weighted by Gasteiger charge is -2.21. The van der Waals surface area contributed by atoms with Gasteiger partial charge < -0.3 is 15.4 Å². The fraction of sp³-hybridized carbons (Fsp3) is 0.462. The van der Waals surface area contributed by atoms with Crippen LogP contribution in [0.2, 0.25) is 0 Å². The second-order valence-corrected chi connectivity index (χ2v) is 5.71. The van der Waals surface area contributed by atoms with Crippen molar-refractivity contribution in [3.63, 3.8) is 0 Å². The molecule has 0 aromatic heterocycles. The monoisotopic (exact) mass is 249 g/mol. The Morgan fingerprint density at radius 1 is 1.33 bits per heavy atom. The Morgan fingerprint density at radius 2 is 1.94 bits per heavy atom. The van der Waals surface area contributed by atoms with Crippen LogP contribution >= 0.6 is 0 Å². The van der Waals surface area contributed by atoms with Crippen LogP contribution in [-0.2, 0) is 11.2 Å². The molecule has 4 nitrogen and oxygen atoms in total. The van der Waals surface area contributed by atoms with Gasteiger partial charge in [0.15, 0.2) is 0 Å². The van der Waals surface area contributed by atoms with Gasteiger partial charge in [-0.3, -0.25) is 4.79 Å². The maximum atomic E-state index is 11.2. The van der Waals surface area contributed by atoms with E-state index in [1.54, 1.807) is 12.1 Å². The molecule has 0 radical (unpaired) electrons. The van der Waals surface area contributed by atoms with E-state index < -0.39 is 7.12 Å². The van der Waals surface area contributed by atoms with Crippen LogP contribution in [0.15, 0.2) is 18.2 Å². The number of carbonyl (C=O) groups excluding carboxylic acids is 1. The third-order valence-corrected chi connectivity index (χ3v) is 2.46. The van der Waals surface area contributed by atoms with Gasteiger partial charge in [-0.2, -0.15) is 0 Å². The molecule has 1 rings (SSSR count). The molecule has 0 aliphatic carbocycles. The second-order valence-electron chi connectivity index (χ2n) is 5.71. The molecular weight excluding hydrogens is 229 g/mol. The van der Waals surface area contributed by atoms with Crippen LogP contribution < -0.4 is 10.8 Å². The van der Waals surface area contributed by atoms with E-state index in [2.05, 4.69) is 26.1 Å². The molecule has 0 bridgehead atoms. The minimum Gasteiger partial charge on any atom is -0.423 e. The zero-order valence-corrected chi connectivity index (χ0v) is 11.3. The van der Waals surface area contributed by atoms with Gasteiger partial charge in [-0.15, -0.1) is 0 Å². The fourth-order valence-corrected chi connectivity index (χ4v) is 1.79. The first-order chi connectivity index (χ1) is 8.19. The smallest absolute Gasteiger partial charge is 0.423 e. The van der Waals surface area contributed by atoms with Crippen molar-refractivity contribution in [3.8, 4) is 0 Å². The minimum absolute atomic E-state index is 0.0898. The summed E-state index contributed by atoms with van der Waals surface area (Å²) in [5, 5.41) is 21.0. The summed E-state index contributed by atoms with van der Waals surface area (Å²) >= 11 is 0. The molecule has 0 saturated carbocycles. The molecule has 5 heteroatoms. The van der Waals surface area contributed by atoms with Crippen molar-refractivity contribution in [2.45, 2.75) is 34.1 Å². The van der Waals surface area contributed by atoms with Crippen molar-refractivity contribution in [2.24, 2.45) is 5.41 Å². The lowest BCUT2D eigenvalue weighted by molar-refractivity contribution is -0.114. The molecule has 0 aliphatic rings. The summed E-state index contributed by atoms with van der Waals surface area (Å²) in [6.45, 7) is 7.76. The lowest BCUT2D eigenvalue weighted by atomic mass is 9.78. The highest BCUT2D eigenvalue weighted by Gasteiger charge is 2.18. The SMILES string of the molecule is CC(=O)Nc1cc(B(O)O)ccc1CC(C)(C)C. The van der Waals surface area contributed by atoms with Crippen molar-refractivity contribution < 1.29 is 14.8 Å². The molecule has 0 spiro atoms. The number of amides is 1. The largest absolute Gasteiger partial charge is 0.488 e. The van der Waals surface area contributed by atoms with Gasteiger partial charge in [-0.05, 0) is 28.9 Å². The van der Waals surface area contributed by atoms with Crippen molar-refractivity contribution in [3.05, 3.63) is 23.8 Å². The summed E-state index contributed by atoms with van der Waals surface area (Å²) in [4.78, 5) is 11.2. The molecule has 1 amide bonds. The van der Waals surface area contributed by atoms with E-state index in [-0.39, 0.29) is 11.3 Å². The topological polar surface area (TPSA) is 69.6 Å². The normalized spacial score (nSPS) is 11.2. The van der Waals surface area contributed by atoms with Crippen molar-refractivity contribution in [1.82, 2.24) is 0 Å². The molecule has 1 aromatic rings. The van der Waals surface area contributed by atoms with Crippen LogP contribution in [0.4, 0.5) is 5.69 Å². The summed E-state index contributed by atoms with van der Waals surface area (Å²) in [6, 6.07) is 5.09. The van der Waals surface area contributed by atoms with E-state index in [4.69, 9.17) is 10.0 Å². The number of anilines is 1. The summed E-state index contributed by atoms with van der Waals surface area (Å²) in [7, 11) is -1.53. The van der Waals surface area contributed by atoms with E-state index >= 15 is 0 Å². The lowest BCUT2D eigenvalue weighted by Crippen LogP contribution is -2.30. The molecular formula is C13H20BNO3. The maximum absolute atomic E-state index is 11.2. The number of rotatable bonds is 3. The quantitative estimate of drug-likeness (QED) is 0.697. The highest BCUT2D eigenvalue weighted by Crippen LogP contribution is 2.25. The van der Waals surface area contributed by atoms with Gasteiger partial charge in [0.2, 0.25) is 5.91 Å². The molecule has 98 valence electrons. The second kappa shape index (κ2) is 5.54. The van der Waals surface area contributed by atoms with Gasteiger partial charge >= 0.3 is 7.12 Å². The van der Waals surface area contributed by atoms with Crippen molar-refractivity contribution in [1.29, 1.82) is 0 Å². The molecule has 0 saturated heterocycles. The van der Waals surface area contributed by atoms with Gasteiger partial charge in [0.25, 0.3) is 0 Å². The molecule has 0 aliphatic heterocycles. The van der Waals surface area contributed by atoms with E-state index in [1.165, 1.54) is 6.92 Å². The maximum Gasteiger partial charge on any atom is 0.488 e. The Kier molecular flexibility index (Phi) is 4.54. The van der Waals surface area contributed by atoms with E-state index in [0.717, 1.165) is 12.0 Å². The van der Waals surface area contributed by atoms with E-state index in [1.807, 2.05) is 6.07 Å². The van der Waals surface area contributed by atoms with Crippen molar-refractivity contribution >= 4 is 24.2 Å². The summed E-state index contributed by atoms with van der Waals surface area (Å²) < 4.78 is 0. The summed E-state index contributed by atoms with van der Waals surface area (Å²) in [6.07, 6.45) is 0.796. The zero-order chi connectivity index (χ0) is 13.9. The third kappa shape index (κ3) is 4.51. The summed E-state index contributed by atoms with van der Waals surface area (Å²) in [5.74, 6) is -0.172. The van der Waals surface area contributed by atoms with E-state index in [0.29, 0.717) is 11.2 Å². The van der Waals surface area contributed by atoms with E-state index in [9.17, 15) is 4.79 Å². The van der Waals surface area contributed by atoms with Crippen LogP contribution in [-0.4, -0.2) is 23.1 Å². The third-order valence-electron chi connectivity index (χ3n) is 2.46. The average Bonchev–Trinajstić information content (AvgIpc) is 2.17. The number of carbonyl (C=O) groups is 1. The molecule has 1 aromatic carbocycles. The number of hydrogen-bond donors (Lipinski definition) is 3. The Bertz CT molecular complexity index is 438. The standard InChI is InChI=1S/C13H20BNO3/c1-9(16)15-12-7-11(14(17)18)6-5-10(12)8-13(2,3)4/h5-7,17-18H,8H2,1-4H3,(H,15,16). The Hall–Kier alpha value is -1.33. The highest BCUT2D eigenvalue weighted by molar-refractivity contribution is 6.58. The molecule has 18 heavy (non-hydrogen) atoms. The zero-order valence-electron chi connectivity index (χ0n) is 11.3. The van der Waals surface area contributed by atoms with Crippen LogP contribution in [0.25, 0.3) is 0 Å². The molecule has 0 fully saturated rings. The van der Waals surface area contributed by atoms with Crippen LogP contribution in [0.3, 0.4) is 0 Å².